The zero-order valence-electron chi connectivity index (χ0n) is 13.9. The van der Waals surface area contributed by atoms with Crippen molar-refractivity contribution >= 4 is 18.1 Å². The van der Waals surface area contributed by atoms with Gasteiger partial charge in [0.1, 0.15) is 12.6 Å². The van der Waals surface area contributed by atoms with E-state index in [0.29, 0.717) is 0 Å². The van der Waals surface area contributed by atoms with Crippen LogP contribution in [0.1, 0.15) is 18.1 Å². The molecule has 0 aliphatic rings. The maximum atomic E-state index is 12.5. The number of ketones is 1. The first-order valence-electron chi connectivity index (χ1n) is 7.84. The van der Waals surface area contributed by atoms with E-state index in [1.54, 1.807) is 6.92 Å². The summed E-state index contributed by atoms with van der Waals surface area (Å²) in [6.45, 7) is 1.89. The molecule has 0 N–H and O–H groups in total. The first-order chi connectivity index (χ1) is 12.1. The zero-order valence-corrected chi connectivity index (χ0v) is 13.9. The van der Waals surface area contributed by atoms with Gasteiger partial charge in [-0.05, 0) is 18.1 Å². The summed E-state index contributed by atoms with van der Waals surface area (Å²) in [5.41, 5.74) is 10.3. The average molecular weight is 337 g/mol. The van der Waals surface area contributed by atoms with Gasteiger partial charge in [0.15, 0.2) is 0 Å². The van der Waals surface area contributed by atoms with Gasteiger partial charge in [0, 0.05) is 6.54 Å². The molecule has 2 aromatic carbocycles. The van der Waals surface area contributed by atoms with Crippen LogP contribution in [0, 0.1) is 0 Å². The molecule has 1 atom stereocenters. The van der Waals surface area contributed by atoms with Crippen LogP contribution >= 0.6 is 0 Å². The molecule has 1 amide bonds. The van der Waals surface area contributed by atoms with E-state index in [0.717, 1.165) is 17.3 Å². The van der Waals surface area contributed by atoms with Crippen LogP contribution in [-0.4, -0.2) is 33.8 Å². The summed E-state index contributed by atoms with van der Waals surface area (Å²) < 4.78 is 5.34. The predicted octanol–water partition coefficient (Wildman–Crippen LogP) is 3.08. The van der Waals surface area contributed by atoms with Crippen molar-refractivity contribution in [2.24, 2.45) is 0 Å². The number of hydrogen-bond acceptors (Lipinski definition) is 3. The highest BCUT2D eigenvalue weighted by Gasteiger charge is 2.28. The molecule has 0 unspecified atom stereocenters. The lowest BCUT2D eigenvalue weighted by Gasteiger charge is -2.26. The number of ether oxygens (including phenoxy) is 1. The summed E-state index contributed by atoms with van der Waals surface area (Å²) in [7, 11) is 0. The highest BCUT2D eigenvalue weighted by atomic mass is 16.6. The number of hydrogen-bond donors (Lipinski definition) is 0. The largest absolute Gasteiger partial charge is 0.445 e. The van der Waals surface area contributed by atoms with Crippen LogP contribution in [0.2, 0.25) is 0 Å². The molecule has 0 radical (unpaired) electrons. The maximum absolute atomic E-state index is 12.5. The van der Waals surface area contributed by atoms with Gasteiger partial charge in [-0.1, -0.05) is 60.7 Å². The number of nitrogens with zero attached hydrogens (tertiary/aromatic N) is 3. The maximum Gasteiger partial charge on any atom is 0.411 e. The summed E-state index contributed by atoms with van der Waals surface area (Å²) in [6, 6.07) is 17.8. The Morgan fingerprint density at radius 2 is 1.64 bits per heavy atom. The number of Topliss-reactive ketones (excluding diaryl/α,β-unsaturated/α-hetero) is 1. The Morgan fingerprint density at radius 3 is 2.20 bits per heavy atom. The van der Waals surface area contributed by atoms with Crippen molar-refractivity contribution in [3.8, 4) is 0 Å². The molecule has 0 bridgehead atoms. The van der Waals surface area contributed by atoms with E-state index < -0.39 is 17.9 Å². The van der Waals surface area contributed by atoms with Crippen LogP contribution in [0.5, 0.6) is 0 Å². The molecule has 0 fully saturated rings. The molecule has 0 saturated heterocycles. The number of benzene rings is 2. The first-order valence-corrected chi connectivity index (χ1v) is 7.84. The van der Waals surface area contributed by atoms with Crippen LogP contribution in [0.3, 0.4) is 0 Å². The van der Waals surface area contributed by atoms with Crippen molar-refractivity contribution < 1.29 is 19.1 Å². The molecule has 2 rings (SSSR count). The van der Waals surface area contributed by atoms with Crippen molar-refractivity contribution in [2.75, 3.05) is 0 Å². The molecule has 2 aromatic rings. The highest BCUT2D eigenvalue weighted by molar-refractivity contribution is 6.27. The lowest BCUT2D eigenvalue weighted by Crippen LogP contribution is -2.43. The Kier molecular flexibility index (Phi) is 6.63. The fourth-order valence-electron chi connectivity index (χ4n) is 2.26. The number of carbonyl (C=O) groups is 2. The summed E-state index contributed by atoms with van der Waals surface area (Å²) in [5.74, 6) is -0.491. The Balaban J connectivity index is 2.13. The Morgan fingerprint density at radius 1 is 1.08 bits per heavy atom. The minimum absolute atomic E-state index is 0.111. The van der Waals surface area contributed by atoms with Gasteiger partial charge in [-0.2, -0.15) is 4.79 Å². The molecule has 6 nitrogen and oxygen atoms in total. The summed E-state index contributed by atoms with van der Waals surface area (Å²) in [6.07, 6.45) is 0.174. The minimum atomic E-state index is -0.820. The van der Waals surface area contributed by atoms with Crippen LogP contribution < -0.4 is 0 Å². The Labute approximate surface area is 146 Å². The van der Waals surface area contributed by atoms with Crippen molar-refractivity contribution in [2.45, 2.75) is 26.1 Å². The molecule has 0 aliphatic heterocycles. The van der Waals surface area contributed by atoms with Crippen molar-refractivity contribution in [1.29, 1.82) is 0 Å². The number of amides is 1. The summed E-state index contributed by atoms with van der Waals surface area (Å²) in [5, 5.41) is 0. The highest BCUT2D eigenvalue weighted by Crippen LogP contribution is 2.12. The lowest BCUT2D eigenvalue weighted by molar-refractivity contribution is -0.120. The van der Waals surface area contributed by atoms with E-state index in [2.05, 4.69) is 4.79 Å². The van der Waals surface area contributed by atoms with Gasteiger partial charge in [0.25, 0.3) is 5.78 Å². The normalized spacial score (nSPS) is 11.1. The Hall–Kier alpha value is -3.24. The predicted molar refractivity (Wildman–Crippen MR) is 92.8 cm³/mol. The fourth-order valence-corrected chi connectivity index (χ4v) is 2.26. The van der Waals surface area contributed by atoms with Crippen LogP contribution in [0.25, 0.3) is 5.53 Å². The first kappa shape index (κ1) is 18.1. The van der Waals surface area contributed by atoms with Gasteiger partial charge in [-0.3, -0.25) is 9.69 Å². The molecule has 0 heterocycles. The third-order valence-electron chi connectivity index (χ3n) is 3.70. The summed E-state index contributed by atoms with van der Waals surface area (Å²) >= 11 is 0. The second kappa shape index (κ2) is 9.15. The molecule has 0 aliphatic carbocycles. The standard InChI is InChI=1S/C19H19N3O3/c1-15(18(23)12-21-20)22(13-16-8-4-2-5-9-16)19(24)25-14-17-10-6-3-7-11-17/h2-12,15H,13-14H2,1H3/t15-/m0/s1. The quantitative estimate of drug-likeness (QED) is 0.442. The average Bonchev–Trinajstić information content (AvgIpc) is 2.65. The molecular formula is C19H19N3O3. The molecule has 0 spiro atoms. The third-order valence-corrected chi connectivity index (χ3v) is 3.70. The lowest BCUT2D eigenvalue weighted by atomic mass is 10.1. The number of rotatable bonds is 7. The smallest absolute Gasteiger partial charge is 0.411 e. The summed E-state index contributed by atoms with van der Waals surface area (Å²) in [4.78, 5) is 28.6. The van der Waals surface area contributed by atoms with Gasteiger partial charge < -0.3 is 10.3 Å². The molecule has 0 aromatic heterocycles. The topological polar surface area (TPSA) is 83.0 Å². The second-order valence-corrected chi connectivity index (χ2v) is 5.48. The zero-order chi connectivity index (χ0) is 18.1. The van der Waals surface area contributed by atoms with Crippen molar-refractivity contribution in [3.05, 3.63) is 77.3 Å². The molecular weight excluding hydrogens is 318 g/mol. The monoisotopic (exact) mass is 337 g/mol. The van der Waals surface area contributed by atoms with E-state index in [1.807, 2.05) is 60.7 Å². The van der Waals surface area contributed by atoms with Crippen LogP contribution in [-0.2, 0) is 22.7 Å². The van der Waals surface area contributed by atoms with Crippen LogP contribution in [0.15, 0.2) is 60.7 Å². The third kappa shape index (κ3) is 5.41. The molecule has 0 saturated carbocycles. The van der Waals surface area contributed by atoms with Gasteiger partial charge in [0.05, 0.1) is 0 Å². The SMILES string of the molecule is C[C@@H](C(=O)C=[N+]=[N-])N(Cc1ccccc1)C(=O)OCc1ccccc1. The van der Waals surface area contributed by atoms with Gasteiger partial charge in [-0.25, -0.2) is 4.79 Å². The molecule has 25 heavy (non-hydrogen) atoms. The Bertz CT molecular complexity index is 756. The number of carbonyl (C=O) groups excluding carboxylic acids is 2. The fraction of sp³-hybridized carbons (Fsp3) is 0.211. The van der Waals surface area contributed by atoms with E-state index in [4.69, 9.17) is 10.3 Å². The van der Waals surface area contributed by atoms with Crippen LogP contribution in [0.4, 0.5) is 4.79 Å². The van der Waals surface area contributed by atoms with Gasteiger partial charge >= 0.3 is 12.3 Å². The van der Waals surface area contributed by atoms with Gasteiger partial charge in [0.2, 0.25) is 0 Å². The molecule has 128 valence electrons. The van der Waals surface area contributed by atoms with Gasteiger partial charge in [-0.15, -0.1) is 0 Å². The van der Waals surface area contributed by atoms with E-state index >= 15 is 0 Å². The van der Waals surface area contributed by atoms with E-state index in [-0.39, 0.29) is 13.2 Å². The van der Waals surface area contributed by atoms with Crippen molar-refractivity contribution in [1.82, 2.24) is 4.90 Å². The van der Waals surface area contributed by atoms with E-state index in [1.165, 1.54) is 4.90 Å². The minimum Gasteiger partial charge on any atom is -0.445 e. The second-order valence-electron chi connectivity index (χ2n) is 5.48. The molecule has 6 heteroatoms. The van der Waals surface area contributed by atoms with Crippen molar-refractivity contribution in [3.63, 3.8) is 0 Å². The van der Waals surface area contributed by atoms with E-state index in [9.17, 15) is 9.59 Å².